The number of rotatable bonds is 7. The van der Waals surface area contributed by atoms with E-state index in [4.69, 9.17) is 14.6 Å². The van der Waals surface area contributed by atoms with Crippen LogP contribution in [0.5, 0.6) is 5.75 Å². The van der Waals surface area contributed by atoms with Crippen LogP contribution in [0, 0.1) is 0 Å². The molecule has 1 saturated heterocycles. The van der Waals surface area contributed by atoms with E-state index >= 15 is 0 Å². The van der Waals surface area contributed by atoms with Gasteiger partial charge in [0.25, 0.3) is 5.91 Å². The normalized spacial score (nSPS) is 17.0. The molecule has 0 aliphatic carbocycles. The molecule has 1 fully saturated rings. The van der Waals surface area contributed by atoms with Crippen molar-refractivity contribution in [2.75, 3.05) is 31.7 Å². The second-order valence-corrected chi connectivity index (χ2v) is 5.63. The molecule has 8 heteroatoms. The summed E-state index contributed by atoms with van der Waals surface area (Å²) < 4.78 is 10.7. The third-order valence-corrected chi connectivity index (χ3v) is 3.78. The lowest BCUT2D eigenvalue weighted by molar-refractivity contribution is -0.147. The van der Waals surface area contributed by atoms with Crippen molar-refractivity contribution in [1.29, 1.82) is 0 Å². The van der Waals surface area contributed by atoms with Crippen LogP contribution in [-0.2, 0) is 19.1 Å². The maximum absolute atomic E-state index is 12.3. The first-order chi connectivity index (χ1) is 12.0. The van der Waals surface area contributed by atoms with E-state index in [0.29, 0.717) is 31.0 Å². The maximum Gasteiger partial charge on any atom is 0.305 e. The molecule has 25 heavy (non-hydrogen) atoms. The van der Waals surface area contributed by atoms with Crippen molar-refractivity contribution >= 4 is 23.5 Å². The predicted molar refractivity (Wildman–Crippen MR) is 89.4 cm³/mol. The van der Waals surface area contributed by atoms with Gasteiger partial charge in [-0.25, -0.2) is 0 Å². The number of carbonyl (C=O) groups is 3. The van der Waals surface area contributed by atoms with Crippen molar-refractivity contribution in [2.45, 2.75) is 25.8 Å². The number of aliphatic carboxylic acids is 1. The van der Waals surface area contributed by atoms with Crippen molar-refractivity contribution in [3.8, 4) is 5.75 Å². The fraction of sp³-hybridized carbons (Fsp3) is 0.471. The van der Waals surface area contributed by atoms with Crippen molar-refractivity contribution in [1.82, 2.24) is 4.90 Å². The summed E-state index contributed by atoms with van der Waals surface area (Å²) in [5, 5.41) is 11.6. The highest BCUT2D eigenvalue weighted by Crippen LogP contribution is 2.17. The van der Waals surface area contributed by atoms with Crippen LogP contribution in [0.1, 0.15) is 19.8 Å². The summed E-state index contributed by atoms with van der Waals surface area (Å²) in [5.41, 5.74) is 0.653. The van der Waals surface area contributed by atoms with Gasteiger partial charge in [0.1, 0.15) is 5.75 Å². The number of carboxylic acids is 1. The Kier molecular flexibility index (Phi) is 6.76. The molecule has 1 aromatic rings. The van der Waals surface area contributed by atoms with E-state index in [1.807, 2.05) is 0 Å². The maximum atomic E-state index is 12.3. The van der Waals surface area contributed by atoms with E-state index < -0.39 is 12.0 Å². The molecule has 0 radical (unpaired) electrons. The standard InChI is InChI=1S/C17H22N2O6/c1-2-15(20)18-12-3-5-14(6-4-12)25-11-16(21)19-7-8-24-10-13(19)9-17(22)23/h3-6,13H,2,7-11H2,1H3,(H,18,20)(H,22,23). The minimum absolute atomic E-state index is 0.0827. The number of anilines is 1. The molecular weight excluding hydrogens is 328 g/mol. The zero-order valence-electron chi connectivity index (χ0n) is 14.1. The van der Waals surface area contributed by atoms with E-state index in [-0.39, 0.29) is 31.4 Å². The molecule has 1 aliphatic heterocycles. The highest BCUT2D eigenvalue weighted by Gasteiger charge is 2.29. The van der Waals surface area contributed by atoms with Gasteiger partial charge >= 0.3 is 5.97 Å². The summed E-state index contributed by atoms with van der Waals surface area (Å²) in [4.78, 5) is 36.0. The van der Waals surface area contributed by atoms with Gasteiger partial charge in [-0.15, -0.1) is 0 Å². The molecule has 2 rings (SSSR count). The van der Waals surface area contributed by atoms with Crippen LogP contribution < -0.4 is 10.1 Å². The summed E-state index contributed by atoms with van der Waals surface area (Å²) in [7, 11) is 0. The predicted octanol–water partition coefficient (Wildman–Crippen LogP) is 1.12. The Bertz CT molecular complexity index is 616. The third-order valence-electron chi connectivity index (χ3n) is 3.78. The van der Waals surface area contributed by atoms with Gasteiger partial charge < -0.3 is 24.8 Å². The first-order valence-electron chi connectivity index (χ1n) is 8.11. The molecule has 0 aromatic heterocycles. The van der Waals surface area contributed by atoms with Gasteiger partial charge in [-0.05, 0) is 24.3 Å². The SMILES string of the molecule is CCC(=O)Nc1ccc(OCC(=O)N2CCOCC2CC(=O)O)cc1. The van der Waals surface area contributed by atoms with Gasteiger partial charge in [0, 0.05) is 18.7 Å². The van der Waals surface area contributed by atoms with E-state index in [0.717, 1.165) is 0 Å². The Hall–Kier alpha value is -2.61. The van der Waals surface area contributed by atoms with Gasteiger partial charge in [0.2, 0.25) is 5.91 Å². The monoisotopic (exact) mass is 350 g/mol. The van der Waals surface area contributed by atoms with Crippen LogP contribution >= 0.6 is 0 Å². The number of benzene rings is 1. The quantitative estimate of drug-likeness (QED) is 0.763. The van der Waals surface area contributed by atoms with Crippen LogP contribution in [0.25, 0.3) is 0 Å². The fourth-order valence-corrected chi connectivity index (χ4v) is 2.47. The molecule has 0 saturated carbocycles. The van der Waals surface area contributed by atoms with Gasteiger partial charge in [-0.2, -0.15) is 0 Å². The molecule has 1 aliphatic rings. The van der Waals surface area contributed by atoms with Crippen molar-refractivity contribution in [3.63, 3.8) is 0 Å². The number of ether oxygens (including phenoxy) is 2. The molecular formula is C17H22N2O6. The lowest BCUT2D eigenvalue weighted by Crippen LogP contribution is -2.51. The number of nitrogens with one attached hydrogen (secondary N) is 1. The first-order valence-corrected chi connectivity index (χ1v) is 8.11. The highest BCUT2D eigenvalue weighted by molar-refractivity contribution is 5.90. The summed E-state index contributed by atoms with van der Waals surface area (Å²) in [5.74, 6) is -0.844. The fourth-order valence-electron chi connectivity index (χ4n) is 2.47. The third kappa shape index (κ3) is 5.75. The average Bonchev–Trinajstić information content (AvgIpc) is 2.60. The number of nitrogens with zero attached hydrogens (tertiary/aromatic N) is 1. The molecule has 2 amide bonds. The molecule has 1 aromatic carbocycles. The van der Waals surface area contributed by atoms with E-state index in [1.165, 1.54) is 4.90 Å². The first kappa shape index (κ1) is 18.7. The molecule has 136 valence electrons. The van der Waals surface area contributed by atoms with Crippen molar-refractivity contribution in [2.24, 2.45) is 0 Å². The van der Waals surface area contributed by atoms with Crippen molar-refractivity contribution in [3.05, 3.63) is 24.3 Å². The van der Waals surface area contributed by atoms with Gasteiger partial charge in [0.15, 0.2) is 6.61 Å². The van der Waals surface area contributed by atoms with E-state index in [2.05, 4.69) is 5.32 Å². The molecule has 0 bridgehead atoms. The van der Waals surface area contributed by atoms with Gasteiger partial charge in [0.05, 0.1) is 25.7 Å². The van der Waals surface area contributed by atoms with Crippen LogP contribution in [0.3, 0.4) is 0 Å². The van der Waals surface area contributed by atoms with Gasteiger partial charge in [-0.3, -0.25) is 14.4 Å². The smallest absolute Gasteiger partial charge is 0.305 e. The van der Waals surface area contributed by atoms with Crippen LogP contribution in [0.15, 0.2) is 24.3 Å². The lowest BCUT2D eigenvalue weighted by atomic mass is 10.1. The number of hydrogen-bond acceptors (Lipinski definition) is 5. The number of morpholine rings is 1. The van der Waals surface area contributed by atoms with Crippen LogP contribution in [0.4, 0.5) is 5.69 Å². The Morgan fingerprint density at radius 1 is 1.32 bits per heavy atom. The second-order valence-electron chi connectivity index (χ2n) is 5.63. The Labute approximate surface area is 145 Å². The molecule has 1 heterocycles. The van der Waals surface area contributed by atoms with Crippen molar-refractivity contribution < 1.29 is 29.0 Å². The number of amides is 2. The molecule has 1 atom stereocenters. The van der Waals surface area contributed by atoms with Crippen LogP contribution in [0.2, 0.25) is 0 Å². The zero-order chi connectivity index (χ0) is 18.2. The van der Waals surface area contributed by atoms with Gasteiger partial charge in [-0.1, -0.05) is 6.92 Å². The minimum Gasteiger partial charge on any atom is -0.484 e. The molecule has 8 nitrogen and oxygen atoms in total. The topological polar surface area (TPSA) is 105 Å². The Balaban J connectivity index is 1.87. The number of carbonyl (C=O) groups excluding carboxylic acids is 2. The lowest BCUT2D eigenvalue weighted by Gasteiger charge is -2.34. The summed E-state index contributed by atoms with van der Waals surface area (Å²) in [6.45, 7) is 2.53. The number of hydrogen-bond donors (Lipinski definition) is 2. The van der Waals surface area contributed by atoms with E-state index in [9.17, 15) is 14.4 Å². The Morgan fingerprint density at radius 3 is 2.68 bits per heavy atom. The largest absolute Gasteiger partial charge is 0.484 e. The number of carboxylic acid groups (broad SMARTS) is 1. The second kappa shape index (κ2) is 9.03. The van der Waals surface area contributed by atoms with Crippen LogP contribution in [-0.4, -0.2) is 60.2 Å². The summed E-state index contributed by atoms with van der Waals surface area (Å²) in [6, 6.07) is 6.22. The Morgan fingerprint density at radius 2 is 2.04 bits per heavy atom. The minimum atomic E-state index is -0.973. The molecule has 2 N–H and O–H groups in total. The zero-order valence-corrected chi connectivity index (χ0v) is 14.1. The van der Waals surface area contributed by atoms with E-state index in [1.54, 1.807) is 31.2 Å². The summed E-state index contributed by atoms with van der Waals surface area (Å²) in [6.07, 6.45) is 0.237. The molecule has 1 unspecified atom stereocenters. The summed E-state index contributed by atoms with van der Waals surface area (Å²) >= 11 is 0. The highest BCUT2D eigenvalue weighted by atomic mass is 16.5. The molecule has 0 spiro atoms. The average molecular weight is 350 g/mol.